The molecule has 2 aromatic carbocycles. The second-order valence-electron chi connectivity index (χ2n) is 9.64. The van der Waals surface area contributed by atoms with Crippen LogP contribution in [0, 0.1) is 0 Å². The van der Waals surface area contributed by atoms with Crippen LogP contribution in [0.25, 0.3) is 22.3 Å². The predicted molar refractivity (Wildman–Crippen MR) is 140 cm³/mol. The molecule has 0 amide bonds. The number of H-pyrrole nitrogens is 1. The average Bonchev–Trinajstić information content (AvgIpc) is 2.83. The number of fused-ring (bicyclic) bond motifs is 1. The highest BCUT2D eigenvalue weighted by Gasteiger charge is 2.28. The number of nitrogens with two attached hydrogens (primary N) is 2. The first kappa shape index (κ1) is 24.0. The molecular weight excluding hydrogens is 424 g/mol. The van der Waals surface area contributed by atoms with Gasteiger partial charge in [-0.05, 0) is 70.6 Å². The standard InChI is InChI=1S/C27H36N6O/c1-17-8-4-9-18(2)33(17)19(3)10-5-11-20-12-7-15-23-24(20)31-27(34)25(30-23)21-13-6-14-22(16-21)26(28)32-29/h6-7,12-19H,4-5,8-11,29H2,1-3H3,(H2,28,32)(H,31,34). The zero-order valence-corrected chi connectivity index (χ0v) is 20.4. The monoisotopic (exact) mass is 460 g/mol. The van der Waals surface area contributed by atoms with Crippen molar-refractivity contribution in [1.82, 2.24) is 14.9 Å². The van der Waals surface area contributed by atoms with E-state index in [0.717, 1.165) is 35.9 Å². The summed E-state index contributed by atoms with van der Waals surface area (Å²) in [6.07, 6.45) is 7.04. The van der Waals surface area contributed by atoms with Gasteiger partial charge in [0.2, 0.25) is 0 Å². The van der Waals surface area contributed by atoms with Crippen molar-refractivity contribution in [2.75, 3.05) is 0 Å². The van der Waals surface area contributed by atoms with Gasteiger partial charge in [-0.25, -0.2) is 4.98 Å². The molecule has 1 saturated heterocycles. The van der Waals surface area contributed by atoms with Crippen LogP contribution in [0.5, 0.6) is 0 Å². The smallest absolute Gasteiger partial charge is 0.274 e. The molecule has 180 valence electrons. The molecule has 1 aliphatic rings. The Bertz CT molecular complexity index is 1220. The lowest BCUT2D eigenvalue weighted by Gasteiger charge is -2.43. The Labute approximate surface area is 201 Å². The Balaban J connectivity index is 1.53. The van der Waals surface area contributed by atoms with Gasteiger partial charge in [0.1, 0.15) is 11.5 Å². The number of hydrogen-bond acceptors (Lipinski definition) is 5. The molecule has 3 atom stereocenters. The number of rotatable bonds is 7. The van der Waals surface area contributed by atoms with Crippen molar-refractivity contribution in [3.8, 4) is 11.3 Å². The summed E-state index contributed by atoms with van der Waals surface area (Å²) in [7, 11) is 0. The van der Waals surface area contributed by atoms with Crippen LogP contribution in [0.4, 0.5) is 0 Å². The number of aromatic nitrogens is 2. The minimum atomic E-state index is -0.218. The maximum atomic E-state index is 13.0. The fourth-order valence-electron chi connectivity index (χ4n) is 5.52. The number of hydrazone groups is 1. The lowest BCUT2D eigenvalue weighted by Crippen LogP contribution is -2.48. The van der Waals surface area contributed by atoms with Crippen molar-refractivity contribution in [3.05, 3.63) is 63.9 Å². The fraction of sp³-hybridized carbons (Fsp3) is 0.444. The van der Waals surface area contributed by atoms with Crippen molar-refractivity contribution >= 4 is 16.9 Å². The molecule has 34 heavy (non-hydrogen) atoms. The third-order valence-corrected chi connectivity index (χ3v) is 7.22. The van der Waals surface area contributed by atoms with Crippen molar-refractivity contribution in [1.29, 1.82) is 0 Å². The molecule has 7 heteroatoms. The highest BCUT2D eigenvalue weighted by molar-refractivity contribution is 5.98. The number of aryl methyl sites for hydroxylation is 1. The number of likely N-dealkylation sites (tertiary alicyclic amines) is 1. The molecule has 1 fully saturated rings. The van der Waals surface area contributed by atoms with Gasteiger partial charge in [-0.1, -0.05) is 36.8 Å². The molecule has 1 aliphatic heterocycles. The number of aromatic amines is 1. The minimum Gasteiger partial charge on any atom is -0.382 e. The van der Waals surface area contributed by atoms with E-state index in [9.17, 15) is 4.79 Å². The number of hydrogen-bond donors (Lipinski definition) is 3. The van der Waals surface area contributed by atoms with Gasteiger partial charge in [0.05, 0.1) is 11.0 Å². The van der Waals surface area contributed by atoms with Crippen LogP contribution in [0.2, 0.25) is 0 Å². The number of para-hydroxylation sites is 1. The topological polar surface area (TPSA) is 113 Å². The third kappa shape index (κ3) is 4.99. The highest BCUT2D eigenvalue weighted by Crippen LogP contribution is 2.27. The van der Waals surface area contributed by atoms with E-state index in [-0.39, 0.29) is 11.4 Å². The quantitative estimate of drug-likeness (QED) is 0.212. The van der Waals surface area contributed by atoms with E-state index in [1.165, 1.54) is 19.3 Å². The molecule has 2 heterocycles. The Kier molecular flexibility index (Phi) is 7.32. The van der Waals surface area contributed by atoms with E-state index in [1.807, 2.05) is 24.3 Å². The summed E-state index contributed by atoms with van der Waals surface area (Å²) in [5.41, 5.74) is 10.0. The lowest BCUT2D eigenvalue weighted by molar-refractivity contribution is 0.0580. The molecule has 0 spiro atoms. The van der Waals surface area contributed by atoms with E-state index in [2.05, 4.69) is 41.8 Å². The van der Waals surface area contributed by atoms with Gasteiger partial charge in [0.15, 0.2) is 0 Å². The van der Waals surface area contributed by atoms with E-state index in [0.29, 0.717) is 34.9 Å². The van der Waals surface area contributed by atoms with Gasteiger partial charge in [-0.2, -0.15) is 5.10 Å². The molecule has 0 radical (unpaired) electrons. The molecule has 0 bridgehead atoms. The van der Waals surface area contributed by atoms with Crippen molar-refractivity contribution in [3.63, 3.8) is 0 Å². The van der Waals surface area contributed by atoms with Gasteiger partial charge in [0.25, 0.3) is 5.56 Å². The molecule has 1 aromatic heterocycles. The van der Waals surface area contributed by atoms with Crippen molar-refractivity contribution in [2.45, 2.75) is 77.4 Å². The van der Waals surface area contributed by atoms with E-state index < -0.39 is 0 Å². The predicted octanol–water partition coefficient (Wildman–Crippen LogP) is 4.14. The SMILES string of the molecule is CC(CCCc1cccc2nc(-c3cccc(/C(N)=N\N)c3)c(=O)[nH]c12)N1C(C)CCCC1C. The van der Waals surface area contributed by atoms with Crippen LogP contribution in [0.1, 0.15) is 64.0 Å². The van der Waals surface area contributed by atoms with Crippen molar-refractivity contribution < 1.29 is 0 Å². The normalized spacial score (nSPS) is 20.5. The van der Waals surface area contributed by atoms with Crippen LogP contribution in [-0.4, -0.2) is 38.8 Å². The van der Waals surface area contributed by atoms with E-state index >= 15 is 0 Å². The fourth-order valence-corrected chi connectivity index (χ4v) is 5.52. The van der Waals surface area contributed by atoms with Gasteiger partial charge >= 0.3 is 0 Å². The summed E-state index contributed by atoms with van der Waals surface area (Å²) in [4.78, 5) is 23.5. The molecule has 3 aromatic rings. The number of amidine groups is 1. The van der Waals surface area contributed by atoms with Crippen LogP contribution >= 0.6 is 0 Å². The number of nitrogens with one attached hydrogen (secondary N) is 1. The minimum absolute atomic E-state index is 0.212. The zero-order valence-electron chi connectivity index (χ0n) is 20.4. The Morgan fingerprint density at radius 1 is 1.21 bits per heavy atom. The third-order valence-electron chi connectivity index (χ3n) is 7.22. The largest absolute Gasteiger partial charge is 0.382 e. The first-order chi connectivity index (χ1) is 16.4. The van der Waals surface area contributed by atoms with Gasteiger partial charge in [-0.15, -0.1) is 0 Å². The van der Waals surface area contributed by atoms with Gasteiger partial charge < -0.3 is 16.6 Å². The maximum Gasteiger partial charge on any atom is 0.274 e. The number of nitrogens with zero attached hydrogens (tertiary/aromatic N) is 3. The van der Waals surface area contributed by atoms with Crippen LogP contribution in [0.3, 0.4) is 0 Å². The summed E-state index contributed by atoms with van der Waals surface area (Å²) in [6, 6.07) is 15.1. The molecule has 4 rings (SSSR count). The molecule has 3 unspecified atom stereocenters. The van der Waals surface area contributed by atoms with Crippen molar-refractivity contribution in [2.24, 2.45) is 16.7 Å². The Morgan fingerprint density at radius 3 is 2.68 bits per heavy atom. The molecule has 5 N–H and O–H groups in total. The van der Waals surface area contributed by atoms with Crippen LogP contribution in [-0.2, 0) is 6.42 Å². The highest BCUT2D eigenvalue weighted by atomic mass is 16.1. The van der Waals surface area contributed by atoms with Crippen LogP contribution < -0.4 is 17.1 Å². The summed E-state index contributed by atoms with van der Waals surface area (Å²) in [6.45, 7) is 7.07. The molecular formula is C27H36N6O. The molecule has 7 nitrogen and oxygen atoms in total. The molecule has 0 aliphatic carbocycles. The van der Waals surface area contributed by atoms with E-state index in [4.69, 9.17) is 16.6 Å². The molecule has 0 saturated carbocycles. The summed E-state index contributed by atoms with van der Waals surface area (Å²) in [5.74, 6) is 5.52. The van der Waals surface area contributed by atoms with Crippen LogP contribution in [0.15, 0.2) is 52.4 Å². The maximum absolute atomic E-state index is 13.0. The zero-order chi connectivity index (χ0) is 24.2. The number of piperidine rings is 1. The van der Waals surface area contributed by atoms with Gasteiger partial charge in [0, 0.05) is 29.3 Å². The summed E-state index contributed by atoms with van der Waals surface area (Å²) < 4.78 is 0. The average molecular weight is 461 g/mol. The first-order valence-corrected chi connectivity index (χ1v) is 12.3. The van der Waals surface area contributed by atoms with E-state index in [1.54, 1.807) is 12.1 Å². The Hall–Kier alpha value is -3.19. The lowest BCUT2D eigenvalue weighted by atomic mass is 9.93. The summed E-state index contributed by atoms with van der Waals surface area (Å²) >= 11 is 0. The first-order valence-electron chi connectivity index (χ1n) is 12.3. The Morgan fingerprint density at radius 2 is 1.94 bits per heavy atom. The second-order valence-corrected chi connectivity index (χ2v) is 9.64. The summed E-state index contributed by atoms with van der Waals surface area (Å²) in [5, 5.41) is 3.54. The second kappa shape index (κ2) is 10.4. The van der Waals surface area contributed by atoms with Gasteiger partial charge in [-0.3, -0.25) is 9.69 Å². The number of benzene rings is 2.